The summed E-state index contributed by atoms with van der Waals surface area (Å²) in [6, 6.07) is 7.97. The van der Waals surface area contributed by atoms with Gasteiger partial charge in [-0.25, -0.2) is 0 Å². The Balaban J connectivity index is 1.35. The van der Waals surface area contributed by atoms with Crippen LogP contribution in [0.4, 0.5) is 0 Å². The number of nitrogens with zero attached hydrogens (tertiary/aromatic N) is 4. The highest BCUT2D eigenvalue weighted by molar-refractivity contribution is 6.06. The number of hydrogen-bond donors (Lipinski definition) is 2. The molecule has 1 unspecified atom stereocenters. The Labute approximate surface area is 169 Å². The van der Waals surface area contributed by atoms with Crippen molar-refractivity contribution < 1.29 is 9.53 Å². The molecule has 8 nitrogen and oxygen atoms in total. The lowest BCUT2D eigenvalue weighted by Gasteiger charge is -2.43. The van der Waals surface area contributed by atoms with Crippen molar-refractivity contribution in [1.82, 2.24) is 30.2 Å². The summed E-state index contributed by atoms with van der Waals surface area (Å²) in [4.78, 5) is 21.0. The van der Waals surface area contributed by atoms with Crippen LogP contribution in [-0.4, -0.2) is 75.5 Å². The number of H-pyrrole nitrogens is 2. The van der Waals surface area contributed by atoms with Gasteiger partial charge in [0.25, 0.3) is 5.91 Å². The van der Waals surface area contributed by atoms with Gasteiger partial charge in [-0.15, -0.1) is 0 Å². The van der Waals surface area contributed by atoms with Gasteiger partial charge in [0.1, 0.15) is 0 Å². The Morgan fingerprint density at radius 3 is 3.07 bits per heavy atom. The van der Waals surface area contributed by atoms with Gasteiger partial charge in [0.05, 0.1) is 30.7 Å². The van der Waals surface area contributed by atoms with Crippen molar-refractivity contribution in [3.05, 3.63) is 47.9 Å². The van der Waals surface area contributed by atoms with E-state index in [1.54, 1.807) is 6.20 Å². The summed E-state index contributed by atoms with van der Waals surface area (Å²) in [7, 11) is 0. The van der Waals surface area contributed by atoms with E-state index in [1.165, 1.54) is 0 Å². The fourth-order valence-electron chi connectivity index (χ4n) is 4.79. The summed E-state index contributed by atoms with van der Waals surface area (Å²) in [6.07, 6.45) is 5.68. The van der Waals surface area contributed by atoms with Gasteiger partial charge in [-0.1, -0.05) is 18.2 Å². The number of likely N-dealkylation sites (tertiary alicyclic amines) is 1. The summed E-state index contributed by atoms with van der Waals surface area (Å²) in [5.41, 5.74) is 2.65. The SMILES string of the molecule is O=C(c1c[nH]c2ccccc12)N1CCCC2(COCCN(Cc3cn[nH]n3)C2)C1. The second kappa shape index (κ2) is 7.61. The monoisotopic (exact) mass is 394 g/mol. The van der Waals surface area contributed by atoms with E-state index in [-0.39, 0.29) is 11.3 Å². The number of aromatic amines is 2. The van der Waals surface area contributed by atoms with Crippen LogP contribution >= 0.6 is 0 Å². The molecule has 29 heavy (non-hydrogen) atoms. The molecule has 0 bridgehead atoms. The van der Waals surface area contributed by atoms with Crippen LogP contribution in [0.2, 0.25) is 0 Å². The summed E-state index contributed by atoms with van der Waals surface area (Å²) in [5.74, 6) is 0.105. The molecule has 2 fully saturated rings. The summed E-state index contributed by atoms with van der Waals surface area (Å²) in [5, 5.41) is 11.8. The Morgan fingerprint density at radius 2 is 2.17 bits per heavy atom. The molecule has 8 heteroatoms. The molecule has 2 N–H and O–H groups in total. The molecule has 0 aliphatic carbocycles. The van der Waals surface area contributed by atoms with Crippen LogP contribution in [0, 0.1) is 5.41 Å². The van der Waals surface area contributed by atoms with Gasteiger partial charge in [-0.3, -0.25) is 9.69 Å². The molecule has 0 radical (unpaired) electrons. The number of ether oxygens (including phenoxy) is 1. The Kier molecular flexibility index (Phi) is 4.81. The molecule has 1 aromatic carbocycles. The molecule has 1 spiro atoms. The van der Waals surface area contributed by atoms with Crippen molar-refractivity contribution in [2.24, 2.45) is 5.41 Å². The number of piperidine rings is 1. The number of para-hydroxylation sites is 1. The van der Waals surface area contributed by atoms with Crippen LogP contribution < -0.4 is 0 Å². The lowest BCUT2D eigenvalue weighted by molar-refractivity contribution is 0.00698. The van der Waals surface area contributed by atoms with Gasteiger partial charge in [0.15, 0.2) is 0 Å². The molecule has 2 aromatic heterocycles. The highest BCUT2D eigenvalue weighted by atomic mass is 16.5. The molecule has 1 atom stereocenters. The highest BCUT2D eigenvalue weighted by Crippen LogP contribution is 2.34. The molecule has 152 valence electrons. The number of aromatic nitrogens is 4. The van der Waals surface area contributed by atoms with Crippen molar-refractivity contribution in [3.8, 4) is 0 Å². The van der Waals surface area contributed by atoms with Crippen molar-refractivity contribution in [2.45, 2.75) is 19.4 Å². The largest absolute Gasteiger partial charge is 0.379 e. The minimum atomic E-state index is -0.0414. The third-order valence-corrected chi connectivity index (χ3v) is 6.14. The first kappa shape index (κ1) is 18.3. The fourth-order valence-corrected chi connectivity index (χ4v) is 4.79. The van der Waals surface area contributed by atoms with E-state index < -0.39 is 0 Å². The molecule has 0 saturated carbocycles. The standard InChI is InChI=1S/C21H26N6O2/c28-20(18-11-22-19-5-2-1-4-17(18)19)27-7-3-6-21(14-27)13-26(8-9-29-15-21)12-16-10-23-25-24-16/h1-2,4-5,10-11,22H,3,6-9,12-15H2,(H,23,24,25). The van der Waals surface area contributed by atoms with Gasteiger partial charge in [-0.05, 0) is 18.9 Å². The third kappa shape index (κ3) is 3.65. The lowest BCUT2D eigenvalue weighted by atomic mass is 9.80. The number of hydrogen-bond acceptors (Lipinski definition) is 5. The van der Waals surface area contributed by atoms with E-state index in [1.807, 2.05) is 35.4 Å². The van der Waals surface area contributed by atoms with E-state index >= 15 is 0 Å². The van der Waals surface area contributed by atoms with Crippen LogP contribution in [0.15, 0.2) is 36.7 Å². The van der Waals surface area contributed by atoms with Gasteiger partial charge >= 0.3 is 0 Å². The molecule has 3 aromatic rings. The van der Waals surface area contributed by atoms with E-state index in [9.17, 15) is 4.79 Å². The number of rotatable bonds is 3. The molecular weight excluding hydrogens is 368 g/mol. The number of amides is 1. The quantitative estimate of drug-likeness (QED) is 0.710. The van der Waals surface area contributed by atoms with E-state index in [2.05, 4.69) is 25.3 Å². The maximum Gasteiger partial charge on any atom is 0.256 e. The van der Waals surface area contributed by atoms with Crippen molar-refractivity contribution >= 4 is 16.8 Å². The van der Waals surface area contributed by atoms with E-state index in [0.717, 1.165) is 67.7 Å². The summed E-state index contributed by atoms with van der Waals surface area (Å²) < 4.78 is 6.00. The average molecular weight is 394 g/mol. The molecule has 1 amide bonds. The van der Waals surface area contributed by atoms with Crippen molar-refractivity contribution in [1.29, 1.82) is 0 Å². The highest BCUT2D eigenvalue weighted by Gasteiger charge is 2.40. The predicted octanol–water partition coefficient (Wildman–Crippen LogP) is 2.04. The van der Waals surface area contributed by atoms with Crippen LogP contribution in [0.25, 0.3) is 10.9 Å². The molecular formula is C21H26N6O2. The normalized spacial score (nSPS) is 23.5. The fraction of sp³-hybridized carbons (Fsp3) is 0.476. The van der Waals surface area contributed by atoms with Crippen molar-refractivity contribution in [2.75, 3.05) is 39.4 Å². The van der Waals surface area contributed by atoms with E-state index in [4.69, 9.17) is 4.74 Å². The lowest BCUT2D eigenvalue weighted by Crippen LogP contribution is -2.52. The smallest absolute Gasteiger partial charge is 0.256 e. The second-order valence-corrected chi connectivity index (χ2v) is 8.30. The van der Waals surface area contributed by atoms with Gasteiger partial charge < -0.3 is 14.6 Å². The van der Waals surface area contributed by atoms with Gasteiger partial charge in [-0.2, -0.15) is 15.4 Å². The average Bonchev–Trinajstić information content (AvgIpc) is 3.36. The van der Waals surface area contributed by atoms with Gasteiger partial charge in [0, 0.05) is 55.2 Å². The van der Waals surface area contributed by atoms with Crippen LogP contribution in [0.1, 0.15) is 28.9 Å². The van der Waals surface area contributed by atoms with Crippen LogP contribution in [0.5, 0.6) is 0 Å². The minimum Gasteiger partial charge on any atom is -0.379 e. The first-order valence-electron chi connectivity index (χ1n) is 10.2. The number of benzene rings is 1. The number of carbonyl (C=O) groups is 1. The first-order valence-corrected chi connectivity index (χ1v) is 10.2. The summed E-state index contributed by atoms with van der Waals surface area (Å²) >= 11 is 0. The Morgan fingerprint density at radius 1 is 1.24 bits per heavy atom. The maximum absolute atomic E-state index is 13.4. The first-order chi connectivity index (χ1) is 14.2. The topological polar surface area (TPSA) is 90.1 Å². The number of fused-ring (bicyclic) bond motifs is 1. The zero-order chi connectivity index (χ0) is 19.7. The molecule has 4 heterocycles. The zero-order valence-corrected chi connectivity index (χ0v) is 16.4. The second-order valence-electron chi connectivity index (χ2n) is 8.30. The molecule has 5 rings (SSSR count). The van der Waals surface area contributed by atoms with Crippen LogP contribution in [-0.2, 0) is 11.3 Å². The Hall–Kier alpha value is -2.71. The molecule has 2 aliphatic heterocycles. The number of nitrogens with one attached hydrogen (secondary N) is 2. The molecule has 2 aliphatic rings. The van der Waals surface area contributed by atoms with Crippen LogP contribution in [0.3, 0.4) is 0 Å². The predicted molar refractivity (Wildman–Crippen MR) is 108 cm³/mol. The minimum absolute atomic E-state index is 0.0414. The van der Waals surface area contributed by atoms with Gasteiger partial charge in [0.2, 0.25) is 0 Å². The maximum atomic E-state index is 13.4. The van der Waals surface area contributed by atoms with Crippen molar-refractivity contribution in [3.63, 3.8) is 0 Å². The zero-order valence-electron chi connectivity index (χ0n) is 16.4. The molecule has 2 saturated heterocycles. The Bertz CT molecular complexity index is 984. The summed E-state index contributed by atoms with van der Waals surface area (Å²) in [6.45, 7) is 5.43. The number of carbonyl (C=O) groups excluding carboxylic acids is 1. The van der Waals surface area contributed by atoms with E-state index in [0.29, 0.717) is 13.2 Å². The third-order valence-electron chi connectivity index (χ3n) is 6.14.